The number of benzene rings is 2. The van der Waals surface area contributed by atoms with Crippen LogP contribution in [-0.4, -0.2) is 10.9 Å². The van der Waals surface area contributed by atoms with Crippen molar-refractivity contribution in [2.24, 2.45) is 0 Å². The Kier molecular flexibility index (Phi) is 6.96. The molecular weight excluding hydrogens is 431 g/mol. The van der Waals surface area contributed by atoms with Gasteiger partial charge in [-0.2, -0.15) is 0 Å². The van der Waals surface area contributed by atoms with Gasteiger partial charge in [-0.3, -0.25) is 9.78 Å². The van der Waals surface area contributed by atoms with Crippen molar-refractivity contribution in [3.63, 3.8) is 0 Å². The maximum atomic E-state index is 14.4. The van der Waals surface area contributed by atoms with Crippen LogP contribution in [0.15, 0.2) is 89.4 Å². The third kappa shape index (κ3) is 5.71. The molecule has 2 heterocycles. The summed E-state index contributed by atoms with van der Waals surface area (Å²) < 4.78 is 19.9. The molecule has 2 aromatic heterocycles. The predicted molar refractivity (Wildman–Crippen MR) is 122 cm³/mol. The summed E-state index contributed by atoms with van der Waals surface area (Å²) in [4.78, 5) is 18.9. The van der Waals surface area contributed by atoms with E-state index in [-0.39, 0.29) is 18.2 Å². The van der Waals surface area contributed by atoms with E-state index in [1.165, 1.54) is 17.1 Å². The number of halogens is 1. The van der Waals surface area contributed by atoms with Crippen LogP contribution in [0.3, 0.4) is 0 Å². The van der Waals surface area contributed by atoms with Crippen LogP contribution in [-0.2, 0) is 12.3 Å². The molecule has 0 unspecified atom stereocenters. The Hall–Kier alpha value is -3.16. The van der Waals surface area contributed by atoms with Gasteiger partial charge in [0.05, 0.1) is 11.8 Å². The van der Waals surface area contributed by atoms with Crippen LogP contribution in [0.5, 0.6) is 11.5 Å². The Morgan fingerprint density at radius 1 is 1.10 bits per heavy atom. The van der Waals surface area contributed by atoms with Gasteiger partial charge in [-0.1, -0.05) is 24.3 Å². The van der Waals surface area contributed by atoms with Gasteiger partial charge in [-0.15, -0.1) is 23.1 Å². The molecule has 4 aromatic rings. The highest BCUT2D eigenvalue weighted by molar-refractivity contribution is 7.98. The number of aromatic nitrogens is 1. The van der Waals surface area contributed by atoms with Crippen molar-refractivity contribution >= 4 is 29.0 Å². The van der Waals surface area contributed by atoms with Crippen molar-refractivity contribution in [1.29, 1.82) is 0 Å². The van der Waals surface area contributed by atoms with Gasteiger partial charge in [0.2, 0.25) is 0 Å². The molecule has 156 valence electrons. The summed E-state index contributed by atoms with van der Waals surface area (Å²) in [5, 5.41) is 4.92. The lowest BCUT2D eigenvalue weighted by atomic mass is 10.2. The summed E-state index contributed by atoms with van der Waals surface area (Å²) in [7, 11) is 0. The zero-order chi connectivity index (χ0) is 21.5. The van der Waals surface area contributed by atoms with Gasteiger partial charge >= 0.3 is 0 Å². The second-order valence-corrected chi connectivity index (χ2v) is 8.65. The van der Waals surface area contributed by atoms with Gasteiger partial charge in [0.15, 0.2) is 11.6 Å². The van der Waals surface area contributed by atoms with E-state index in [2.05, 4.69) is 16.4 Å². The number of carbonyl (C=O) groups excluding carboxylic acids is 1. The van der Waals surface area contributed by atoms with Crippen LogP contribution in [0.1, 0.15) is 20.8 Å². The highest BCUT2D eigenvalue weighted by atomic mass is 32.2. The van der Waals surface area contributed by atoms with Gasteiger partial charge in [-0.05, 0) is 53.4 Å². The van der Waals surface area contributed by atoms with E-state index < -0.39 is 5.82 Å². The number of hydrogen-bond acceptors (Lipinski definition) is 5. The van der Waals surface area contributed by atoms with Crippen molar-refractivity contribution in [1.82, 2.24) is 10.3 Å². The van der Waals surface area contributed by atoms with Crippen molar-refractivity contribution < 1.29 is 13.9 Å². The summed E-state index contributed by atoms with van der Waals surface area (Å²) in [5.41, 5.74) is 1.26. The van der Waals surface area contributed by atoms with Crippen LogP contribution < -0.4 is 10.1 Å². The van der Waals surface area contributed by atoms with Gasteiger partial charge in [-0.25, -0.2) is 4.39 Å². The second-order valence-electron chi connectivity index (χ2n) is 6.60. The van der Waals surface area contributed by atoms with Crippen LogP contribution in [0, 0.1) is 5.82 Å². The fourth-order valence-corrected chi connectivity index (χ4v) is 4.70. The van der Waals surface area contributed by atoms with E-state index in [9.17, 15) is 9.18 Å². The highest BCUT2D eigenvalue weighted by Crippen LogP contribution is 2.28. The number of thioether (sulfide) groups is 1. The zero-order valence-electron chi connectivity index (χ0n) is 16.5. The Bertz CT molecular complexity index is 1150. The lowest BCUT2D eigenvalue weighted by Gasteiger charge is -2.11. The van der Waals surface area contributed by atoms with Crippen LogP contribution >= 0.6 is 23.1 Å². The quantitative estimate of drug-likeness (QED) is 0.320. The molecule has 0 atom stereocenters. The van der Waals surface area contributed by atoms with Crippen LogP contribution in [0.4, 0.5) is 4.39 Å². The molecule has 0 bridgehead atoms. The molecular formula is C24H19FN2O2S2. The summed E-state index contributed by atoms with van der Waals surface area (Å²) in [6.07, 6.45) is 3.13. The molecule has 1 amide bonds. The maximum Gasteiger partial charge on any atom is 0.252 e. The Balaban J connectivity index is 1.38. The van der Waals surface area contributed by atoms with Gasteiger partial charge in [0.1, 0.15) is 5.75 Å². The summed E-state index contributed by atoms with van der Waals surface area (Å²) in [5.74, 6) is 0.691. The van der Waals surface area contributed by atoms with Crippen molar-refractivity contribution in [3.05, 3.63) is 106 Å². The minimum atomic E-state index is -0.498. The Morgan fingerprint density at radius 3 is 2.77 bits per heavy atom. The molecule has 0 fully saturated rings. The summed E-state index contributed by atoms with van der Waals surface area (Å²) in [6.45, 7) is 0.215. The first-order valence-electron chi connectivity index (χ1n) is 9.58. The van der Waals surface area contributed by atoms with E-state index in [0.29, 0.717) is 16.9 Å². The zero-order valence-corrected chi connectivity index (χ0v) is 18.1. The minimum absolute atomic E-state index is 0.110. The molecule has 0 aliphatic rings. The average molecular weight is 451 g/mol. The van der Waals surface area contributed by atoms with E-state index in [1.807, 2.05) is 29.6 Å². The monoisotopic (exact) mass is 450 g/mol. The fourth-order valence-electron chi connectivity index (χ4n) is 2.87. The number of ether oxygens (including phenoxy) is 1. The molecule has 4 rings (SSSR count). The predicted octanol–water partition coefficient (Wildman–Crippen LogP) is 6.30. The standard InChI is InChI=1S/C24H19FN2O2S2/c25-21-13-17(9-10-22(21)29-18-5-3-11-26-15-18)14-27-24(28)20-7-1-2-8-23(20)31-16-19-6-4-12-30-19/h1-13,15H,14,16H2,(H,27,28). The number of hydrogen-bond donors (Lipinski definition) is 1. The highest BCUT2D eigenvalue weighted by Gasteiger charge is 2.12. The van der Waals surface area contributed by atoms with Crippen molar-refractivity contribution in [2.45, 2.75) is 17.2 Å². The Morgan fingerprint density at radius 2 is 2.00 bits per heavy atom. The molecule has 1 N–H and O–H groups in total. The van der Waals surface area contributed by atoms with Crippen LogP contribution in [0.2, 0.25) is 0 Å². The van der Waals surface area contributed by atoms with Gasteiger partial charge in [0, 0.05) is 28.3 Å². The molecule has 0 spiro atoms. The topological polar surface area (TPSA) is 51.2 Å². The fraction of sp³-hybridized carbons (Fsp3) is 0.0833. The third-order valence-corrected chi connectivity index (χ3v) is 6.57. The molecule has 0 radical (unpaired) electrons. The van der Waals surface area contributed by atoms with E-state index >= 15 is 0 Å². The molecule has 0 aliphatic heterocycles. The molecule has 0 saturated carbocycles. The molecule has 7 heteroatoms. The largest absolute Gasteiger partial charge is 0.453 e. The second kappa shape index (κ2) is 10.2. The van der Waals surface area contributed by atoms with E-state index in [1.54, 1.807) is 59.6 Å². The Labute approximate surface area is 188 Å². The molecule has 4 nitrogen and oxygen atoms in total. The summed E-state index contributed by atoms with van der Waals surface area (Å²) in [6, 6.07) is 19.7. The lowest BCUT2D eigenvalue weighted by Crippen LogP contribution is -2.23. The first-order chi connectivity index (χ1) is 15.2. The first kappa shape index (κ1) is 21.1. The number of pyridine rings is 1. The molecule has 31 heavy (non-hydrogen) atoms. The van der Waals surface area contributed by atoms with E-state index in [0.717, 1.165) is 10.6 Å². The number of rotatable bonds is 8. The number of nitrogens with one attached hydrogen (secondary N) is 1. The smallest absolute Gasteiger partial charge is 0.252 e. The lowest BCUT2D eigenvalue weighted by molar-refractivity contribution is 0.0948. The third-order valence-electron chi connectivity index (χ3n) is 4.39. The number of thiophene rings is 1. The molecule has 0 aliphatic carbocycles. The average Bonchev–Trinajstić information content (AvgIpc) is 3.32. The van der Waals surface area contributed by atoms with Crippen molar-refractivity contribution in [2.75, 3.05) is 0 Å². The van der Waals surface area contributed by atoms with Gasteiger partial charge < -0.3 is 10.1 Å². The normalized spacial score (nSPS) is 10.6. The molecule has 2 aromatic carbocycles. The molecule has 0 saturated heterocycles. The van der Waals surface area contributed by atoms with Crippen LogP contribution in [0.25, 0.3) is 0 Å². The summed E-state index contributed by atoms with van der Waals surface area (Å²) >= 11 is 3.32. The number of amides is 1. The SMILES string of the molecule is O=C(NCc1ccc(Oc2cccnc2)c(F)c1)c1ccccc1SCc1cccs1. The van der Waals surface area contributed by atoms with Gasteiger partial charge in [0.25, 0.3) is 5.91 Å². The first-order valence-corrected chi connectivity index (χ1v) is 11.4. The maximum absolute atomic E-state index is 14.4. The minimum Gasteiger partial charge on any atom is -0.453 e. The van der Waals surface area contributed by atoms with E-state index in [4.69, 9.17) is 4.74 Å². The number of carbonyl (C=O) groups is 1. The number of nitrogens with zero attached hydrogens (tertiary/aromatic N) is 1. The van der Waals surface area contributed by atoms with Crippen molar-refractivity contribution in [3.8, 4) is 11.5 Å².